The van der Waals surface area contributed by atoms with Crippen LogP contribution in [0.5, 0.6) is 0 Å². The number of hydrogen-bond acceptors (Lipinski definition) is 4. The summed E-state index contributed by atoms with van der Waals surface area (Å²) in [6.07, 6.45) is 2.94. The Hall–Kier alpha value is -2.08. The first kappa shape index (κ1) is 18.3. The van der Waals surface area contributed by atoms with E-state index in [0.717, 1.165) is 43.4 Å². The highest BCUT2D eigenvalue weighted by Crippen LogP contribution is 2.10. The lowest BCUT2D eigenvalue weighted by molar-refractivity contribution is 0.795. The molecule has 0 aromatic carbocycles. The second kappa shape index (κ2) is 9.93. The minimum Gasteiger partial charge on any atom is -0.357 e. The normalized spacial score (nSPS) is 11.4. The van der Waals surface area contributed by atoms with Gasteiger partial charge in [-0.2, -0.15) is 0 Å². The average molecular weight is 346 g/mol. The standard InChI is InChI=1S/C18H27N5S/c1-4-23(5-2)17-9-8-15(13-21-17)14-22-18(19-3)20-11-10-16-7-6-12-24-16/h6-9,12-13H,4-5,10-11,14H2,1-3H3,(H2,19,20,22). The van der Waals surface area contributed by atoms with E-state index in [1.165, 1.54) is 4.88 Å². The minimum atomic E-state index is 0.713. The van der Waals surface area contributed by atoms with Crippen LogP contribution in [-0.4, -0.2) is 37.6 Å². The quantitative estimate of drug-likeness (QED) is 0.571. The van der Waals surface area contributed by atoms with Crippen LogP contribution >= 0.6 is 11.3 Å². The fourth-order valence-electron chi connectivity index (χ4n) is 2.42. The van der Waals surface area contributed by atoms with Crippen LogP contribution in [-0.2, 0) is 13.0 Å². The van der Waals surface area contributed by atoms with Crippen LogP contribution in [0.3, 0.4) is 0 Å². The van der Waals surface area contributed by atoms with E-state index in [4.69, 9.17) is 0 Å². The number of thiophene rings is 1. The van der Waals surface area contributed by atoms with Gasteiger partial charge in [0.05, 0.1) is 0 Å². The summed E-state index contributed by atoms with van der Waals surface area (Å²) in [4.78, 5) is 12.4. The number of nitrogens with zero attached hydrogens (tertiary/aromatic N) is 3. The van der Waals surface area contributed by atoms with E-state index in [2.05, 4.69) is 69.0 Å². The van der Waals surface area contributed by atoms with Crippen LogP contribution in [0.15, 0.2) is 40.8 Å². The average Bonchev–Trinajstić information content (AvgIpc) is 3.13. The van der Waals surface area contributed by atoms with Gasteiger partial charge in [-0.25, -0.2) is 4.98 Å². The van der Waals surface area contributed by atoms with E-state index in [1.807, 2.05) is 6.20 Å². The van der Waals surface area contributed by atoms with Crippen LogP contribution in [0.25, 0.3) is 0 Å². The van der Waals surface area contributed by atoms with E-state index in [-0.39, 0.29) is 0 Å². The van der Waals surface area contributed by atoms with Gasteiger partial charge >= 0.3 is 0 Å². The van der Waals surface area contributed by atoms with Gasteiger partial charge in [-0.1, -0.05) is 12.1 Å². The van der Waals surface area contributed by atoms with Crippen molar-refractivity contribution >= 4 is 23.1 Å². The molecule has 2 aromatic heterocycles. The Morgan fingerprint density at radius 2 is 2.04 bits per heavy atom. The number of aromatic nitrogens is 1. The molecule has 0 aliphatic heterocycles. The molecule has 0 radical (unpaired) electrons. The van der Waals surface area contributed by atoms with Crippen LogP contribution < -0.4 is 15.5 Å². The highest BCUT2D eigenvalue weighted by Gasteiger charge is 2.04. The maximum atomic E-state index is 4.55. The molecule has 0 aliphatic carbocycles. The lowest BCUT2D eigenvalue weighted by Crippen LogP contribution is -2.37. The number of aliphatic imine (C=N–C) groups is 1. The third-order valence-electron chi connectivity index (χ3n) is 3.82. The molecule has 0 saturated carbocycles. The molecule has 2 heterocycles. The third kappa shape index (κ3) is 5.53. The van der Waals surface area contributed by atoms with Gasteiger partial charge in [0, 0.05) is 44.3 Å². The molecule has 2 N–H and O–H groups in total. The van der Waals surface area contributed by atoms with Crippen molar-refractivity contribution in [1.29, 1.82) is 0 Å². The summed E-state index contributed by atoms with van der Waals surface area (Å²) >= 11 is 1.79. The zero-order valence-electron chi connectivity index (χ0n) is 14.7. The molecule has 0 aliphatic rings. The summed E-state index contributed by atoms with van der Waals surface area (Å²) in [7, 11) is 1.79. The summed E-state index contributed by atoms with van der Waals surface area (Å²) in [6.45, 7) is 7.83. The Morgan fingerprint density at radius 3 is 2.62 bits per heavy atom. The number of rotatable bonds is 8. The van der Waals surface area contributed by atoms with E-state index in [1.54, 1.807) is 18.4 Å². The molecule has 0 fully saturated rings. The van der Waals surface area contributed by atoms with Gasteiger partial charge in [0.2, 0.25) is 0 Å². The van der Waals surface area contributed by atoms with Gasteiger partial charge in [0.25, 0.3) is 0 Å². The van der Waals surface area contributed by atoms with E-state index in [0.29, 0.717) is 6.54 Å². The lowest BCUT2D eigenvalue weighted by Gasteiger charge is -2.19. The highest BCUT2D eigenvalue weighted by molar-refractivity contribution is 7.09. The van der Waals surface area contributed by atoms with E-state index < -0.39 is 0 Å². The smallest absolute Gasteiger partial charge is 0.191 e. The second-order valence-corrected chi connectivity index (χ2v) is 6.41. The van der Waals surface area contributed by atoms with Crippen molar-refractivity contribution in [2.24, 2.45) is 4.99 Å². The van der Waals surface area contributed by atoms with Crippen molar-refractivity contribution in [2.75, 3.05) is 31.6 Å². The SMILES string of the molecule is CCN(CC)c1ccc(CNC(=NC)NCCc2cccs2)cn1. The van der Waals surface area contributed by atoms with E-state index in [9.17, 15) is 0 Å². The van der Waals surface area contributed by atoms with Gasteiger partial charge in [0.15, 0.2) is 5.96 Å². The maximum absolute atomic E-state index is 4.55. The molecule has 0 bridgehead atoms. The molecular formula is C18H27N5S. The summed E-state index contributed by atoms with van der Waals surface area (Å²) in [5.74, 6) is 1.85. The van der Waals surface area contributed by atoms with Crippen LogP contribution in [0.4, 0.5) is 5.82 Å². The second-order valence-electron chi connectivity index (χ2n) is 5.38. The first-order valence-corrected chi connectivity index (χ1v) is 9.31. The summed E-state index contributed by atoms with van der Waals surface area (Å²) < 4.78 is 0. The molecular weight excluding hydrogens is 318 g/mol. The molecule has 0 saturated heterocycles. The zero-order valence-corrected chi connectivity index (χ0v) is 15.6. The summed E-state index contributed by atoms with van der Waals surface area (Å²) in [5, 5.41) is 8.78. The molecule has 6 heteroatoms. The van der Waals surface area contributed by atoms with Gasteiger partial charge in [-0.3, -0.25) is 4.99 Å². The molecule has 24 heavy (non-hydrogen) atoms. The predicted molar refractivity (Wildman–Crippen MR) is 104 cm³/mol. The number of pyridine rings is 1. The fraction of sp³-hybridized carbons (Fsp3) is 0.444. The van der Waals surface area contributed by atoms with Crippen LogP contribution in [0.2, 0.25) is 0 Å². The van der Waals surface area contributed by atoms with Crippen molar-refractivity contribution in [3.05, 3.63) is 46.3 Å². The zero-order chi connectivity index (χ0) is 17.2. The summed E-state index contributed by atoms with van der Waals surface area (Å²) in [5.41, 5.74) is 1.15. The van der Waals surface area contributed by atoms with Crippen molar-refractivity contribution < 1.29 is 0 Å². The number of hydrogen-bond donors (Lipinski definition) is 2. The number of nitrogens with one attached hydrogen (secondary N) is 2. The predicted octanol–water partition coefficient (Wildman–Crippen LogP) is 2.90. The van der Waals surface area contributed by atoms with Crippen molar-refractivity contribution in [2.45, 2.75) is 26.8 Å². The Labute approximate surface area is 148 Å². The Bertz CT molecular complexity index is 603. The first-order chi connectivity index (χ1) is 11.8. The van der Waals surface area contributed by atoms with Crippen LogP contribution in [0, 0.1) is 0 Å². The first-order valence-electron chi connectivity index (χ1n) is 8.43. The molecule has 0 amide bonds. The molecule has 0 spiro atoms. The third-order valence-corrected chi connectivity index (χ3v) is 4.76. The summed E-state index contributed by atoms with van der Waals surface area (Å²) in [6, 6.07) is 8.44. The minimum absolute atomic E-state index is 0.713. The van der Waals surface area contributed by atoms with Crippen molar-refractivity contribution in [3.63, 3.8) is 0 Å². The monoisotopic (exact) mass is 345 g/mol. The number of anilines is 1. The topological polar surface area (TPSA) is 52.5 Å². The molecule has 2 rings (SSSR count). The Balaban J connectivity index is 1.78. The largest absolute Gasteiger partial charge is 0.357 e. The molecule has 0 atom stereocenters. The van der Waals surface area contributed by atoms with Gasteiger partial charge < -0.3 is 15.5 Å². The highest BCUT2D eigenvalue weighted by atomic mass is 32.1. The molecule has 2 aromatic rings. The Morgan fingerprint density at radius 1 is 1.21 bits per heavy atom. The van der Waals surface area contributed by atoms with Gasteiger partial charge in [-0.05, 0) is 43.3 Å². The van der Waals surface area contributed by atoms with Crippen molar-refractivity contribution in [3.8, 4) is 0 Å². The van der Waals surface area contributed by atoms with Crippen LogP contribution in [0.1, 0.15) is 24.3 Å². The van der Waals surface area contributed by atoms with Crippen molar-refractivity contribution in [1.82, 2.24) is 15.6 Å². The van der Waals surface area contributed by atoms with E-state index >= 15 is 0 Å². The maximum Gasteiger partial charge on any atom is 0.191 e. The Kier molecular flexibility index (Phi) is 7.55. The lowest BCUT2D eigenvalue weighted by atomic mass is 10.2. The van der Waals surface area contributed by atoms with Gasteiger partial charge in [0.1, 0.15) is 5.82 Å². The fourth-order valence-corrected chi connectivity index (χ4v) is 3.13. The number of guanidine groups is 1. The molecule has 130 valence electrons. The van der Waals surface area contributed by atoms with Gasteiger partial charge in [-0.15, -0.1) is 11.3 Å². The molecule has 0 unspecified atom stereocenters. The molecule has 5 nitrogen and oxygen atoms in total.